The zero-order chi connectivity index (χ0) is 15.2. The molecule has 0 aliphatic heterocycles. The summed E-state index contributed by atoms with van der Waals surface area (Å²) in [4.78, 5) is 9.11. The van der Waals surface area contributed by atoms with Crippen LogP contribution in [-0.4, -0.2) is 16.5 Å². The summed E-state index contributed by atoms with van der Waals surface area (Å²) < 4.78 is 6.88. The molecule has 0 spiro atoms. The number of aryl methyl sites for hydroxylation is 1. The predicted octanol–water partition coefficient (Wildman–Crippen LogP) is 4.72. The second-order valence-corrected chi connectivity index (χ2v) is 5.59. The molecule has 0 atom stereocenters. The van der Waals surface area contributed by atoms with E-state index in [1.54, 1.807) is 0 Å². The maximum Gasteiger partial charge on any atom is 0.227 e. The SMILES string of the molecule is CCCc1nc(NCC)c(C)c(Oc2ccccc2Br)n1. The number of benzene rings is 1. The molecule has 21 heavy (non-hydrogen) atoms. The van der Waals surface area contributed by atoms with Crippen molar-refractivity contribution in [2.24, 2.45) is 0 Å². The standard InChI is InChI=1S/C16H20BrN3O/c1-4-8-14-19-15(18-5-2)11(3)16(20-14)21-13-10-7-6-9-12(13)17/h6-7,9-10H,4-5,8H2,1-3H3,(H,18,19,20). The lowest BCUT2D eigenvalue weighted by Gasteiger charge is -2.14. The fourth-order valence-electron chi connectivity index (χ4n) is 1.95. The molecule has 2 aromatic rings. The van der Waals surface area contributed by atoms with Crippen LogP contribution < -0.4 is 10.1 Å². The minimum atomic E-state index is 0.608. The van der Waals surface area contributed by atoms with Gasteiger partial charge in [0, 0.05) is 13.0 Å². The molecule has 4 nitrogen and oxygen atoms in total. The Morgan fingerprint density at radius 2 is 1.95 bits per heavy atom. The zero-order valence-corrected chi connectivity index (χ0v) is 14.2. The number of aromatic nitrogens is 2. The first-order valence-electron chi connectivity index (χ1n) is 7.19. The lowest BCUT2D eigenvalue weighted by molar-refractivity contribution is 0.452. The Bertz CT molecular complexity index is 616. The molecule has 2 rings (SSSR count). The summed E-state index contributed by atoms with van der Waals surface area (Å²) in [6, 6.07) is 7.76. The normalized spacial score (nSPS) is 10.5. The molecular weight excluding hydrogens is 330 g/mol. The summed E-state index contributed by atoms with van der Waals surface area (Å²) in [6.07, 6.45) is 1.84. The van der Waals surface area contributed by atoms with Crippen molar-refractivity contribution in [3.05, 3.63) is 40.1 Å². The molecular formula is C16H20BrN3O. The van der Waals surface area contributed by atoms with Gasteiger partial charge in [0.25, 0.3) is 0 Å². The van der Waals surface area contributed by atoms with E-state index in [0.717, 1.165) is 46.8 Å². The van der Waals surface area contributed by atoms with Crippen LogP contribution in [0.4, 0.5) is 5.82 Å². The highest BCUT2D eigenvalue weighted by Gasteiger charge is 2.13. The van der Waals surface area contributed by atoms with E-state index in [4.69, 9.17) is 4.74 Å². The fraction of sp³-hybridized carbons (Fsp3) is 0.375. The number of ether oxygens (including phenoxy) is 1. The average Bonchev–Trinajstić information content (AvgIpc) is 2.46. The number of nitrogens with one attached hydrogen (secondary N) is 1. The van der Waals surface area contributed by atoms with E-state index in [2.05, 4.69) is 45.1 Å². The Kier molecular flexibility index (Phi) is 5.56. The van der Waals surface area contributed by atoms with Gasteiger partial charge in [0.1, 0.15) is 17.4 Å². The fourth-order valence-corrected chi connectivity index (χ4v) is 2.31. The van der Waals surface area contributed by atoms with Gasteiger partial charge in [-0.15, -0.1) is 0 Å². The van der Waals surface area contributed by atoms with Gasteiger partial charge in [-0.25, -0.2) is 4.98 Å². The summed E-state index contributed by atoms with van der Waals surface area (Å²) in [5.41, 5.74) is 0.924. The Balaban J connectivity index is 2.39. The van der Waals surface area contributed by atoms with Crippen LogP contribution in [0.3, 0.4) is 0 Å². The topological polar surface area (TPSA) is 47.0 Å². The van der Waals surface area contributed by atoms with Crippen molar-refractivity contribution >= 4 is 21.7 Å². The molecule has 0 aliphatic carbocycles. The largest absolute Gasteiger partial charge is 0.437 e. The highest BCUT2D eigenvalue weighted by molar-refractivity contribution is 9.10. The lowest BCUT2D eigenvalue weighted by atomic mass is 10.2. The minimum absolute atomic E-state index is 0.608. The number of hydrogen-bond acceptors (Lipinski definition) is 4. The molecule has 1 heterocycles. The molecule has 5 heteroatoms. The van der Waals surface area contributed by atoms with E-state index in [-0.39, 0.29) is 0 Å². The molecule has 0 radical (unpaired) electrons. The minimum Gasteiger partial charge on any atom is -0.437 e. The number of hydrogen-bond donors (Lipinski definition) is 1. The van der Waals surface area contributed by atoms with Crippen molar-refractivity contribution in [2.75, 3.05) is 11.9 Å². The zero-order valence-electron chi connectivity index (χ0n) is 12.6. The van der Waals surface area contributed by atoms with Crippen molar-refractivity contribution in [2.45, 2.75) is 33.6 Å². The first-order valence-corrected chi connectivity index (χ1v) is 7.98. The molecule has 0 bridgehead atoms. The number of rotatable bonds is 6. The van der Waals surface area contributed by atoms with Gasteiger partial charge in [-0.1, -0.05) is 19.1 Å². The Morgan fingerprint density at radius 1 is 1.19 bits per heavy atom. The van der Waals surface area contributed by atoms with E-state index in [0.29, 0.717) is 5.88 Å². The number of para-hydroxylation sites is 1. The number of anilines is 1. The highest BCUT2D eigenvalue weighted by Crippen LogP contribution is 2.31. The molecule has 1 N–H and O–H groups in total. The van der Waals surface area contributed by atoms with Crippen LogP contribution in [0.15, 0.2) is 28.7 Å². The van der Waals surface area contributed by atoms with Crippen LogP contribution in [0.5, 0.6) is 11.6 Å². The van der Waals surface area contributed by atoms with Gasteiger partial charge in [-0.05, 0) is 48.3 Å². The summed E-state index contributed by atoms with van der Waals surface area (Å²) in [7, 11) is 0. The molecule has 0 fully saturated rings. The van der Waals surface area contributed by atoms with Crippen LogP contribution in [0.2, 0.25) is 0 Å². The maximum atomic E-state index is 5.98. The molecule has 0 aliphatic rings. The predicted molar refractivity (Wildman–Crippen MR) is 89.1 cm³/mol. The van der Waals surface area contributed by atoms with Gasteiger partial charge < -0.3 is 10.1 Å². The van der Waals surface area contributed by atoms with Gasteiger partial charge in [0.15, 0.2) is 0 Å². The highest BCUT2D eigenvalue weighted by atomic mass is 79.9. The third-order valence-corrected chi connectivity index (χ3v) is 3.66. The van der Waals surface area contributed by atoms with Gasteiger partial charge in [0.05, 0.1) is 10.0 Å². The van der Waals surface area contributed by atoms with Crippen molar-refractivity contribution in [1.29, 1.82) is 0 Å². The summed E-state index contributed by atoms with van der Waals surface area (Å²) >= 11 is 3.49. The first kappa shape index (κ1) is 15.8. The van der Waals surface area contributed by atoms with E-state index < -0.39 is 0 Å². The third kappa shape index (κ3) is 3.94. The van der Waals surface area contributed by atoms with Crippen LogP contribution >= 0.6 is 15.9 Å². The van der Waals surface area contributed by atoms with Crippen LogP contribution in [0.25, 0.3) is 0 Å². The molecule has 112 valence electrons. The second-order valence-electron chi connectivity index (χ2n) is 4.73. The van der Waals surface area contributed by atoms with Crippen molar-refractivity contribution in [1.82, 2.24) is 9.97 Å². The van der Waals surface area contributed by atoms with Crippen LogP contribution in [0, 0.1) is 6.92 Å². The summed E-state index contributed by atoms with van der Waals surface area (Å²) in [5, 5.41) is 3.27. The average molecular weight is 350 g/mol. The Morgan fingerprint density at radius 3 is 2.62 bits per heavy atom. The molecule has 0 amide bonds. The van der Waals surface area contributed by atoms with Crippen molar-refractivity contribution in [3.63, 3.8) is 0 Å². The Hall–Kier alpha value is -1.62. The van der Waals surface area contributed by atoms with Gasteiger partial charge in [-0.2, -0.15) is 4.98 Å². The summed E-state index contributed by atoms with van der Waals surface area (Å²) in [6.45, 7) is 6.96. The Labute approximate surface area is 134 Å². The van der Waals surface area contributed by atoms with E-state index in [1.807, 2.05) is 31.2 Å². The number of halogens is 1. The quantitative estimate of drug-likeness (QED) is 0.819. The smallest absolute Gasteiger partial charge is 0.227 e. The van der Waals surface area contributed by atoms with Crippen molar-refractivity contribution < 1.29 is 4.74 Å². The molecule has 1 aromatic heterocycles. The van der Waals surface area contributed by atoms with Crippen LogP contribution in [-0.2, 0) is 6.42 Å². The molecule has 0 saturated carbocycles. The second kappa shape index (κ2) is 7.41. The number of nitrogens with zero attached hydrogens (tertiary/aromatic N) is 2. The van der Waals surface area contributed by atoms with Crippen LogP contribution in [0.1, 0.15) is 31.7 Å². The van der Waals surface area contributed by atoms with E-state index >= 15 is 0 Å². The third-order valence-electron chi connectivity index (χ3n) is 3.01. The van der Waals surface area contributed by atoms with Gasteiger partial charge in [-0.3, -0.25) is 0 Å². The molecule has 1 aromatic carbocycles. The van der Waals surface area contributed by atoms with Gasteiger partial charge in [0.2, 0.25) is 5.88 Å². The van der Waals surface area contributed by atoms with Crippen molar-refractivity contribution in [3.8, 4) is 11.6 Å². The maximum absolute atomic E-state index is 5.98. The van der Waals surface area contributed by atoms with Gasteiger partial charge >= 0.3 is 0 Å². The molecule has 0 saturated heterocycles. The monoisotopic (exact) mass is 349 g/mol. The summed E-state index contributed by atoms with van der Waals surface area (Å²) in [5.74, 6) is 3.01. The first-order chi connectivity index (χ1) is 10.2. The van der Waals surface area contributed by atoms with E-state index in [1.165, 1.54) is 0 Å². The lowest BCUT2D eigenvalue weighted by Crippen LogP contribution is -2.08. The molecule has 0 unspecified atom stereocenters. The van der Waals surface area contributed by atoms with E-state index in [9.17, 15) is 0 Å².